The van der Waals surface area contributed by atoms with E-state index >= 15 is 0 Å². The smallest absolute Gasteiger partial charge is 0.310 e. The van der Waals surface area contributed by atoms with E-state index in [0.29, 0.717) is 6.61 Å². The molecule has 0 saturated carbocycles. The van der Waals surface area contributed by atoms with E-state index in [2.05, 4.69) is 5.32 Å². The number of aliphatic carboxylic acids is 1. The number of hydrogen-bond donors (Lipinski definition) is 2. The molecule has 6 heteroatoms. The molecular formula is C13H24N2O4. The molecule has 1 fully saturated rings. The molecule has 1 saturated heterocycles. The van der Waals surface area contributed by atoms with E-state index in [1.807, 2.05) is 13.8 Å². The number of carboxylic acid groups (broad SMARTS) is 1. The van der Waals surface area contributed by atoms with Crippen molar-refractivity contribution in [3.05, 3.63) is 0 Å². The lowest BCUT2D eigenvalue weighted by molar-refractivity contribution is -0.144. The van der Waals surface area contributed by atoms with Gasteiger partial charge in [0.25, 0.3) is 0 Å². The molecule has 0 aromatic carbocycles. The van der Waals surface area contributed by atoms with Crippen LogP contribution in [0.3, 0.4) is 0 Å². The van der Waals surface area contributed by atoms with Crippen molar-refractivity contribution >= 4 is 11.9 Å². The van der Waals surface area contributed by atoms with Gasteiger partial charge < -0.3 is 15.2 Å². The Balaban J connectivity index is 2.63. The lowest BCUT2D eigenvalue weighted by Gasteiger charge is -2.31. The van der Waals surface area contributed by atoms with Gasteiger partial charge in [0.05, 0.1) is 25.2 Å². The van der Waals surface area contributed by atoms with Crippen molar-refractivity contribution in [2.24, 2.45) is 5.92 Å². The summed E-state index contributed by atoms with van der Waals surface area (Å²) in [6.07, 6.45) is 0.868. The molecule has 1 aliphatic rings. The van der Waals surface area contributed by atoms with Gasteiger partial charge in [-0.15, -0.1) is 0 Å². The first-order chi connectivity index (χ1) is 8.88. The molecule has 4 unspecified atom stereocenters. The van der Waals surface area contributed by atoms with Crippen molar-refractivity contribution < 1.29 is 19.4 Å². The van der Waals surface area contributed by atoms with Crippen LogP contribution in [-0.4, -0.2) is 60.3 Å². The lowest BCUT2D eigenvalue weighted by Crippen LogP contribution is -2.52. The molecule has 0 bridgehead atoms. The maximum atomic E-state index is 12.0. The Morgan fingerprint density at radius 1 is 1.42 bits per heavy atom. The summed E-state index contributed by atoms with van der Waals surface area (Å²) in [4.78, 5) is 25.0. The van der Waals surface area contributed by atoms with Crippen LogP contribution in [0.5, 0.6) is 0 Å². The van der Waals surface area contributed by atoms with Crippen LogP contribution < -0.4 is 5.32 Å². The van der Waals surface area contributed by atoms with Crippen LogP contribution in [0.1, 0.15) is 27.2 Å². The van der Waals surface area contributed by atoms with Crippen molar-refractivity contribution in [1.29, 1.82) is 0 Å². The zero-order chi connectivity index (χ0) is 14.6. The Morgan fingerprint density at radius 2 is 2.05 bits per heavy atom. The van der Waals surface area contributed by atoms with Crippen LogP contribution in [0, 0.1) is 5.92 Å². The van der Waals surface area contributed by atoms with Crippen molar-refractivity contribution in [2.45, 2.75) is 45.3 Å². The molecule has 6 nitrogen and oxygen atoms in total. The van der Waals surface area contributed by atoms with Gasteiger partial charge in [0.2, 0.25) is 5.91 Å². The molecule has 4 atom stereocenters. The van der Waals surface area contributed by atoms with Crippen LogP contribution in [0.25, 0.3) is 0 Å². The number of ether oxygens (including phenoxy) is 1. The van der Waals surface area contributed by atoms with Crippen LogP contribution in [0.2, 0.25) is 0 Å². The minimum absolute atomic E-state index is 0.0760. The van der Waals surface area contributed by atoms with Crippen molar-refractivity contribution in [3.8, 4) is 0 Å². The first-order valence-electron chi connectivity index (χ1n) is 6.71. The van der Waals surface area contributed by atoms with Crippen molar-refractivity contribution in [3.63, 3.8) is 0 Å². The normalized spacial score (nSPS) is 26.2. The van der Waals surface area contributed by atoms with Gasteiger partial charge in [-0.3, -0.25) is 14.5 Å². The average Bonchev–Trinajstić information content (AvgIpc) is 2.85. The standard InChI is InChI=1S/C13H24N2O4/c1-5-8(2)14-12(16)9(3)15(4)11-7-19-6-10(11)13(17)18/h8-11H,5-7H2,1-4H3,(H,14,16)(H,17,18). The van der Waals surface area contributed by atoms with Gasteiger partial charge in [-0.2, -0.15) is 0 Å². The Labute approximate surface area is 114 Å². The van der Waals surface area contributed by atoms with Crippen LogP contribution in [0.15, 0.2) is 0 Å². The lowest BCUT2D eigenvalue weighted by atomic mass is 10.0. The van der Waals surface area contributed by atoms with E-state index in [-0.39, 0.29) is 30.6 Å². The zero-order valence-electron chi connectivity index (χ0n) is 12.0. The molecular weight excluding hydrogens is 248 g/mol. The summed E-state index contributed by atoms with van der Waals surface area (Å²) in [7, 11) is 1.77. The molecule has 2 N–H and O–H groups in total. The highest BCUT2D eigenvalue weighted by atomic mass is 16.5. The zero-order valence-corrected chi connectivity index (χ0v) is 12.0. The summed E-state index contributed by atoms with van der Waals surface area (Å²) in [6, 6.07) is -0.504. The van der Waals surface area contributed by atoms with Crippen LogP contribution in [-0.2, 0) is 14.3 Å². The Morgan fingerprint density at radius 3 is 2.58 bits per heavy atom. The first kappa shape index (κ1) is 15.9. The van der Waals surface area contributed by atoms with Crippen molar-refractivity contribution in [1.82, 2.24) is 10.2 Å². The second kappa shape index (κ2) is 6.86. The molecule has 0 aromatic heterocycles. The van der Waals surface area contributed by atoms with Crippen LogP contribution >= 0.6 is 0 Å². The Bertz CT molecular complexity index is 335. The number of rotatable bonds is 6. The number of nitrogens with zero attached hydrogens (tertiary/aromatic N) is 1. The molecule has 1 aliphatic heterocycles. The largest absolute Gasteiger partial charge is 0.481 e. The molecule has 1 amide bonds. The molecule has 1 heterocycles. The maximum absolute atomic E-state index is 12.0. The quantitative estimate of drug-likeness (QED) is 0.728. The van der Waals surface area contributed by atoms with E-state index in [1.165, 1.54) is 0 Å². The van der Waals surface area contributed by atoms with E-state index < -0.39 is 11.9 Å². The van der Waals surface area contributed by atoms with Gasteiger partial charge in [-0.05, 0) is 27.3 Å². The Hall–Kier alpha value is -1.14. The summed E-state index contributed by atoms with van der Waals surface area (Å²) < 4.78 is 5.23. The van der Waals surface area contributed by atoms with Crippen molar-refractivity contribution in [2.75, 3.05) is 20.3 Å². The molecule has 1 rings (SSSR count). The first-order valence-corrected chi connectivity index (χ1v) is 6.71. The minimum atomic E-state index is -0.871. The third kappa shape index (κ3) is 3.91. The highest BCUT2D eigenvalue weighted by molar-refractivity contribution is 5.81. The predicted molar refractivity (Wildman–Crippen MR) is 70.9 cm³/mol. The van der Waals surface area contributed by atoms with E-state index in [4.69, 9.17) is 9.84 Å². The molecule has 0 spiro atoms. The van der Waals surface area contributed by atoms with Gasteiger partial charge in [-0.25, -0.2) is 0 Å². The molecule has 0 aromatic rings. The van der Waals surface area contributed by atoms with Gasteiger partial charge in [0, 0.05) is 12.1 Å². The third-order valence-electron chi connectivity index (χ3n) is 3.88. The van der Waals surface area contributed by atoms with Crippen LogP contribution in [0.4, 0.5) is 0 Å². The highest BCUT2D eigenvalue weighted by Crippen LogP contribution is 2.20. The predicted octanol–water partition coefficient (Wildman–Crippen LogP) is 0.321. The fourth-order valence-electron chi connectivity index (χ4n) is 2.12. The number of amides is 1. The number of nitrogens with one attached hydrogen (secondary N) is 1. The second-order valence-corrected chi connectivity index (χ2v) is 5.21. The average molecular weight is 272 g/mol. The van der Waals surface area contributed by atoms with Gasteiger partial charge in [0.15, 0.2) is 0 Å². The monoisotopic (exact) mass is 272 g/mol. The summed E-state index contributed by atoms with van der Waals surface area (Å²) in [5.41, 5.74) is 0. The molecule has 0 aliphatic carbocycles. The topological polar surface area (TPSA) is 78.9 Å². The van der Waals surface area contributed by atoms with Gasteiger partial charge in [0.1, 0.15) is 0 Å². The maximum Gasteiger partial charge on any atom is 0.310 e. The fraction of sp³-hybridized carbons (Fsp3) is 0.846. The summed E-state index contributed by atoms with van der Waals surface area (Å²) in [5.74, 6) is -1.51. The van der Waals surface area contributed by atoms with E-state index in [0.717, 1.165) is 6.42 Å². The number of hydrogen-bond acceptors (Lipinski definition) is 4. The molecule has 0 radical (unpaired) electrons. The molecule has 110 valence electrons. The highest BCUT2D eigenvalue weighted by Gasteiger charge is 2.39. The van der Waals surface area contributed by atoms with E-state index in [9.17, 15) is 9.59 Å². The number of carbonyl (C=O) groups is 2. The minimum Gasteiger partial charge on any atom is -0.481 e. The van der Waals surface area contributed by atoms with E-state index in [1.54, 1.807) is 18.9 Å². The van der Waals surface area contributed by atoms with Gasteiger partial charge in [-0.1, -0.05) is 6.92 Å². The number of carbonyl (C=O) groups excluding carboxylic acids is 1. The SMILES string of the molecule is CCC(C)NC(=O)C(C)N(C)C1COCC1C(=O)O. The summed E-state index contributed by atoms with van der Waals surface area (Å²) in [6.45, 7) is 6.31. The number of likely N-dealkylation sites (N-methyl/N-ethyl adjacent to an activating group) is 1. The summed E-state index contributed by atoms with van der Waals surface area (Å²) >= 11 is 0. The number of carboxylic acids is 1. The fourth-order valence-corrected chi connectivity index (χ4v) is 2.12. The third-order valence-corrected chi connectivity index (χ3v) is 3.88. The second-order valence-electron chi connectivity index (χ2n) is 5.21. The Kier molecular flexibility index (Phi) is 5.75. The van der Waals surface area contributed by atoms with Gasteiger partial charge >= 0.3 is 5.97 Å². The summed E-state index contributed by atoms with van der Waals surface area (Å²) in [5, 5.41) is 12.0. The molecule has 19 heavy (non-hydrogen) atoms.